The van der Waals surface area contributed by atoms with Crippen LogP contribution in [0.3, 0.4) is 0 Å². The highest BCUT2D eigenvalue weighted by Crippen LogP contribution is 2.27. The minimum atomic E-state index is -3.28. The summed E-state index contributed by atoms with van der Waals surface area (Å²) >= 11 is 0. The van der Waals surface area contributed by atoms with Crippen LogP contribution < -0.4 is 0 Å². The Balaban J connectivity index is 2.17. The number of sulfonamides is 1. The third-order valence-electron chi connectivity index (χ3n) is 3.88. The van der Waals surface area contributed by atoms with Gasteiger partial charge in [-0.25, -0.2) is 12.7 Å². The fraction of sp³-hybridized carbons (Fsp3) is 0.533. The topological polar surface area (TPSA) is 70.4 Å². The molecular formula is C15H20N2O3S. The van der Waals surface area contributed by atoms with E-state index < -0.39 is 15.3 Å². The second kappa shape index (κ2) is 6.56. The van der Waals surface area contributed by atoms with Crippen molar-refractivity contribution in [2.45, 2.75) is 18.1 Å². The van der Waals surface area contributed by atoms with Crippen molar-refractivity contribution >= 4 is 10.0 Å². The fourth-order valence-corrected chi connectivity index (χ4v) is 4.25. The zero-order valence-electron chi connectivity index (χ0n) is 12.3. The number of nitrogens with zero attached hydrogens (tertiary/aromatic N) is 2. The Morgan fingerprint density at radius 1 is 1.33 bits per heavy atom. The Kier molecular flexibility index (Phi) is 4.99. The van der Waals surface area contributed by atoms with Crippen LogP contribution in [0.1, 0.15) is 17.5 Å². The van der Waals surface area contributed by atoms with Gasteiger partial charge in [-0.3, -0.25) is 0 Å². The van der Waals surface area contributed by atoms with E-state index in [-0.39, 0.29) is 5.92 Å². The van der Waals surface area contributed by atoms with Gasteiger partial charge in [0.25, 0.3) is 0 Å². The molecule has 0 radical (unpaired) electrons. The first-order valence-corrected chi connectivity index (χ1v) is 8.43. The predicted molar refractivity (Wildman–Crippen MR) is 80.2 cm³/mol. The molecule has 114 valence electrons. The summed E-state index contributed by atoms with van der Waals surface area (Å²) in [5.74, 6) is -0.0564. The molecule has 0 spiro atoms. The first-order chi connectivity index (χ1) is 9.95. The average molecular weight is 308 g/mol. The molecule has 0 bridgehead atoms. The zero-order chi connectivity index (χ0) is 15.5. The Morgan fingerprint density at radius 2 is 2.00 bits per heavy atom. The van der Waals surface area contributed by atoms with Crippen molar-refractivity contribution in [2.75, 3.05) is 27.3 Å². The molecule has 0 N–H and O–H groups in total. The van der Waals surface area contributed by atoms with Gasteiger partial charge in [0.1, 0.15) is 0 Å². The Morgan fingerprint density at radius 3 is 2.57 bits per heavy atom. The summed E-state index contributed by atoms with van der Waals surface area (Å²) in [5.41, 5.74) is 1.64. The van der Waals surface area contributed by atoms with Crippen molar-refractivity contribution in [1.82, 2.24) is 4.31 Å². The lowest BCUT2D eigenvalue weighted by atomic mass is 9.93. The van der Waals surface area contributed by atoms with Gasteiger partial charge >= 0.3 is 0 Å². The second-order valence-corrected chi connectivity index (χ2v) is 7.87. The summed E-state index contributed by atoms with van der Waals surface area (Å²) in [6.07, 6.45) is 1.17. The molecule has 1 aromatic carbocycles. The number of benzene rings is 1. The van der Waals surface area contributed by atoms with Crippen LogP contribution >= 0.6 is 0 Å². The van der Waals surface area contributed by atoms with Crippen molar-refractivity contribution in [1.29, 1.82) is 5.26 Å². The van der Waals surface area contributed by atoms with Crippen molar-refractivity contribution in [3.8, 4) is 6.07 Å². The number of hydrogen-bond donors (Lipinski definition) is 0. The number of ether oxygens (including phenoxy) is 1. The lowest BCUT2D eigenvalue weighted by Gasteiger charge is -2.33. The normalized spacial score (nSPS) is 23.0. The smallest absolute Gasteiger partial charge is 0.216 e. The highest BCUT2D eigenvalue weighted by atomic mass is 32.2. The molecular weight excluding hydrogens is 288 g/mol. The van der Waals surface area contributed by atoms with Gasteiger partial charge in [-0.2, -0.15) is 5.26 Å². The molecule has 1 heterocycles. The van der Waals surface area contributed by atoms with E-state index in [4.69, 9.17) is 10.00 Å². The molecule has 1 saturated heterocycles. The SMILES string of the molecule is CN(C)S(=O)(=O)[C@H]1CCOC[C@H]1Cc1ccc(C#N)cc1. The van der Waals surface area contributed by atoms with Crippen molar-refractivity contribution in [3.63, 3.8) is 0 Å². The van der Waals surface area contributed by atoms with Gasteiger partial charge < -0.3 is 4.74 Å². The number of nitriles is 1. The molecule has 0 saturated carbocycles. The molecule has 1 fully saturated rings. The van der Waals surface area contributed by atoms with Gasteiger partial charge in [0, 0.05) is 26.6 Å². The van der Waals surface area contributed by atoms with Gasteiger partial charge in [0.15, 0.2) is 0 Å². The second-order valence-electron chi connectivity index (χ2n) is 5.50. The van der Waals surface area contributed by atoms with E-state index >= 15 is 0 Å². The molecule has 21 heavy (non-hydrogen) atoms. The number of hydrogen-bond acceptors (Lipinski definition) is 4. The number of rotatable bonds is 4. The molecule has 1 aliphatic heterocycles. The van der Waals surface area contributed by atoms with Gasteiger partial charge in [-0.15, -0.1) is 0 Å². The Labute approximate surface area is 126 Å². The lowest BCUT2D eigenvalue weighted by Crippen LogP contribution is -2.44. The predicted octanol–water partition coefficient (Wildman–Crippen LogP) is 1.40. The zero-order valence-corrected chi connectivity index (χ0v) is 13.1. The quantitative estimate of drug-likeness (QED) is 0.843. The van der Waals surface area contributed by atoms with E-state index in [0.717, 1.165) is 5.56 Å². The van der Waals surface area contributed by atoms with Crippen molar-refractivity contribution in [3.05, 3.63) is 35.4 Å². The minimum Gasteiger partial charge on any atom is -0.381 e. The average Bonchev–Trinajstić information content (AvgIpc) is 2.48. The van der Waals surface area contributed by atoms with E-state index in [2.05, 4.69) is 6.07 Å². The monoisotopic (exact) mass is 308 g/mol. The summed E-state index contributed by atoms with van der Waals surface area (Å²) in [7, 11) is -0.135. The van der Waals surface area contributed by atoms with E-state index in [9.17, 15) is 8.42 Å². The molecule has 0 aliphatic carbocycles. The first-order valence-electron chi connectivity index (χ1n) is 6.93. The van der Waals surface area contributed by atoms with Gasteiger partial charge in [-0.1, -0.05) is 12.1 Å². The van der Waals surface area contributed by atoms with Gasteiger partial charge in [0.05, 0.1) is 23.5 Å². The molecule has 1 aromatic rings. The third-order valence-corrected chi connectivity index (χ3v) is 6.28. The van der Waals surface area contributed by atoms with Crippen LogP contribution in [0.15, 0.2) is 24.3 Å². The minimum absolute atomic E-state index is 0.0564. The summed E-state index contributed by atoms with van der Waals surface area (Å²) in [4.78, 5) is 0. The maximum atomic E-state index is 12.4. The molecule has 1 aliphatic rings. The third kappa shape index (κ3) is 3.62. The van der Waals surface area contributed by atoms with E-state index in [0.29, 0.717) is 31.6 Å². The molecule has 2 rings (SSSR count). The van der Waals surface area contributed by atoms with Crippen LogP contribution in [0.25, 0.3) is 0 Å². The molecule has 6 heteroatoms. The van der Waals surface area contributed by atoms with Crippen LogP contribution in [0.4, 0.5) is 0 Å². The van der Waals surface area contributed by atoms with E-state index in [1.54, 1.807) is 26.2 Å². The summed E-state index contributed by atoms with van der Waals surface area (Å²) < 4.78 is 31.6. The fourth-order valence-electron chi connectivity index (χ4n) is 2.65. The first kappa shape index (κ1) is 16.0. The maximum absolute atomic E-state index is 12.4. The van der Waals surface area contributed by atoms with Crippen LogP contribution in [-0.4, -0.2) is 45.3 Å². The summed E-state index contributed by atoms with van der Waals surface area (Å²) in [6.45, 7) is 0.944. The van der Waals surface area contributed by atoms with Crippen LogP contribution in [-0.2, 0) is 21.2 Å². The van der Waals surface area contributed by atoms with E-state index in [1.165, 1.54) is 4.31 Å². The van der Waals surface area contributed by atoms with Crippen molar-refractivity contribution in [2.24, 2.45) is 5.92 Å². The lowest BCUT2D eigenvalue weighted by molar-refractivity contribution is 0.0563. The Hall–Kier alpha value is -1.42. The highest BCUT2D eigenvalue weighted by Gasteiger charge is 2.37. The van der Waals surface area contributed by atoms with Crippen molar-refractivity contribution < 1.29 is 13.2 Å². The van der Waals surface area contributed by atoms with Gasteiger partial charge in [-0.05, 0) is 30.5 Å². The maximum Gasteiger partial charge on any atom is 0.216 e. The standard InChI is InChI=1S/C15H20N2O3S/c1-17(2)21(18,19)15-7-8-20-11-14(15)9-12-3-5-13(10-16)6-4-12/h3-6,14-15H,7-9,11H2,1-2H3/t14-,15+/m1/s1. The van der Waals surface area contributed by atoms with Crippen LogP contribution in [0, 0.1) is 17.2 Å². The largest absolute Gasteiger partial charge is 0.381 e. The van der Waals surface area contributed by atoms with Crippen LogP contribution in [0.2, 0.25) is 0 Å². The van der Waals surface area contributed by atoms with Crippen LogP contribution in [0.5, 0.6) is 0 Å². The summed E-state index contributed by atoms with van der Waals surface area (Å²) in [5, 5.41) is 8.40. The Bertz CT molecular complexity index is 617. The molecule has 0 aromatic heterocycles. The molecule has 5 nitrogen and oxygen atoms in total. The van der Waals surface area contributed by atoms with Gasteiger partial charge in [0.2, 0.25) is 10.0 Å². The molecule has 0 amide bonds. The molecule has 2 atom stereocenters. The highest BCUT2D eigenvalue weighted by molar-refractivity contribution is 7.89. The van der Waals surface area contributed by atoms with E-state index in [1.807, 2.05) is 12.1 Å². The summed E-state index contributed by atoms with van der Waals surface area (Å²) in [6, 6.07) is 9.36. The molecule has 0 unspecified atom stereocenters.